The molecule has 0 unspecified atom stereocenters. The standard InChI is InChI=1S/C24H29N5O/c1-2-11-29-13-12-28(17-22-15-26-18-27-22)16-21(24(29)30)14-20-5-3-4-6-23(20)19-7-9-25-10-8-19/h3-10,15,18,21H,2,11-14,16-17H2,1H3,(H,26,27)/t21-/m1/s1. The number of amides is 1. The molecular formula is C24H29N5O. The van der Waals surface area contributed by atoms with Crippen molar-refractivity contribution in [2.45, 2.75) is 26.3 Å². The number of hydrogen-bond acceptors (Lipinski definition) is 4. The molecule has 3 heterocycles. The number of hydrogen-bond donors (Lipinski definition) is 1. The van der Waals surface area contributed by atoms with Crippen molar-refractivity contribution in [1.29, 1.82) is 0 Å². The van der Waals surface area contributed by atoms with Gasteiger partial charge in [-0.1, -0.05) is 31.2 Å². The number of nitrogens with one attached hydrogen (secondary N) is 1. The number of H-pyrrole nitrogens is 1. The predicted molar refractivity (Wildman–Crippen MR) is 118 cm³/mol. The Labute approximate surface area is 178 Å². The molecule has 1 atom stereocenters. The zero-order valence-corrected chi connectivity index (χ0v) is 17.5. The fourth-order valence-electron chi connectivity index (χ4n) is 4.29. The number of carbonyl (C=O) groups excluding carboxylic acids is 1. The number of pyridine rings is 1. The molecule has 2 aromatic heterocycles. The van der Waals surface area contributed by atoms with Crippen LogP contribution in [0, 0.1) is 5.92 Å². The quantitative estimate of drug-likeness (QED) is 0.657. The average Bonchev–Trinajstić information content (AvgIpc) is 3.24. The van der Waals surface area contributed by atoms with Crippen LogP contribution in [0.15, 0.2) is 61.3 Å². The summed E-state index contributed by atoms with van der Waals surface area (Å²) in [4.78, 5) is 29.3. The number of carbonyl (C=O) groups is 1. The van der Waals surface area contributed by atoms with Gasteiger partial charge in [0.05, 0.1) is 12.2 Å². The lowest BCUT2D eigenvalue weighted by atomic mass is 9.91. The smallest absolute Gasteiger partial charge is 0.227 e. The Hall–Kier alpha value is -2.99. The molecule has 6 nitrogen and oxygen atoms in total. The lowest BCUT2D eigenvalue weighted by molar-refractivity contribution is -0.134. The fourth-order valence-corrected chi connectivity index (χ4v) is 4.29. The summed E-state index contributed by atoms with van der Waals surface area (Å²) in [5.41, 5.74) is 4.62. The zero-order chi connectivity index (χ0) is 20.8. The van der Waals surface area contributed by atoms with Crippen molar-refractivity contribution in [1.82, 2.24) is 24.8 Å². The van der Waals surface area contributed by atoms with Crippen molar-refractivity contribution in [3.05, 3.63) is 72.6 Å². The third-order valence-corrected chi connectivity index (χ3v) is 5.74. The molecule has 3 aromatic rings. The lowest BCUT2D eigenvalue weighted by Crippen LogP contribution is -2.37. The Morgan fingerprint density at radius 1 is 1.10 bits per heavy atom. The average molecular weight is 404 g/mol. The van der Waals surface area contributed by atoms with Gasteiger partial charge in [-0.2, -0.15) is 0 Å². The van der Waals surface area contributed by atoms with Crippen LogP contribution in [0.25, 0.3) is 11.1 Å². The second-order valence-corrected chi connectivity index (χ2v) is 7.93. The van der Waals surface area contributed by atoms with Crippen molar-refractivity contribution in [2.75, 3.05) is 26.2 Å². The highest BCUT2D eigenvalue weighted by Crippen LogP contribution is 2.27. The number of nitrogens with zero attached hydrogens (tertiary/aromatic N) is 4. The minimum absolute atomic E-state index is 0.0649. The molecule has 30 heavy (non-hydrogen) atoms. The van der Waals surface area contributed by atoms with Crippen LogP contribution in [0.3, 0.4) is 0 Å². The molecule has 0 bridgehead atoms. The highest BCUT2D eigenvalue weighted by Gasteiger charge is 2.30. The van der Waals surface area contributed by atoms with Crippen LogP contribution in [0.2, 0.25) is 0 Å². The number of aromatic nitrogens is 3. The maximum absolute atomic E-state index is 13.4. The van der Waals surface area contributed by atoms with E-state index in [1.54, 1.807) is 6.33 Å². The van der Waals surface area contributed by atoms with E-state index in [1.807, 2.05) is 35.6 Å². The second kappa shape index (κ2) is 9.67. The molecule has 1 fully saturated rings. The van der Waals surface area contributed by atoms with Gasteiger partial charge in [-0.25, -0.2) is 4.98 Å². The summed E-state index contributed by atoms with van der Waals surface area (Å²) >= 11 is 0. The van der Waals surface area contributed by atoms with E-state index in [0.29, 0.717) is 0 Å². The maximum Gasteiger partial charge on any atom is 0.227 e. The van der Waals surface area contributed by atoms with Gasteiger partial charge < -0.3 is 9.88 Å². The van der Waals surface area contributed by atoms with Crippen LogP contribution in [-0.2, 0) is 17.8 Å². The highest BCUT2D eigenvalue weighted by molar-refractivity contribution is 5.80. The first-order valence-corrected chi connectivity index (χ1v) is 10.7. The van der Waals surface area contributed by atoms with E-state index in [4.69, 9.17) is 0 Å². The molecule has 1 aliphatic rings. The molecule has 0 saturated carbocycles. The summed E-state index contributed by atoms with van der Waals surface area (Å²) in [5, 5.41) is 0. The summed E-state index contributed by atoms with van der Waals surface area (Å²) in [7, 11) is 0. The molecule has 1 saturated heterocycles. The molecule has 1 N–H and O–H groups in total. The topological polar surface area (TPSA) is 65.1 Å². The fraction of sp³-hybridized carbons (Fsp3) is 0.375. The van der Waals surface area contributed by atoms with Gasteiger partial charge >= 0.3 is 0 Å². The Morgan fingerprint density at radius 3 is 2.70 bits per heavy atom. The third kappa shape index (κ3) is 4.76. The normalized spacial score (nSPS) is 17.8. The third-order valence-electron chi connectivity index (χ3n) is 5.74. The van der Waals surface area contributed by atoms with E-state index in [0.717, 1.165) is 56.8 Å². The number of benzene rings is 1. The Bertz CT molecular complexity index is 941. The molecule has 0 aliphatic carbocycles. The van der Waals surface area contributed by atoms with E-state index in [-0.39, 0.29) is 11.8 Å². The van der Waals surface area contributed by atoms with Gasteiger partial charge in [0.2, 0.25) is 5.91 Å². The molecule has 1 aromatic carbocycles. The Kier molecular flexibility index (Phi) is 6.54. The van der Waals surface area contributed by atoms with Crippen LogP contribution in [0.4, 0.5) is 0 Å². The number of rotatable bonds is 7. The summed E-state index contributed by atoms with van der Waals surface area (Å²) in [6.45, 7) is 6.16. The second-order valence-electron chi connectivity index (χ2n) is 7.93. The minimum atomic E-state index is -0.0649. The van der Waals surface area contributed by atoms with Crippen molar-refractivity contribution < 1.29 is 4.79 Å². The molecule has 156 valence electrons. The van der Waals surface area contributed by atoms with E-state index >= 15 is 0 Å². The van der Waals surface area contributed by atoms with Gasteiger partial charge in [-0.15, -0.1) is 0 Å². The number of imidazole rings is 1. The monoisotopic (exact) mass is 403 g/mol. The van der Waals surface area contributed by atoms with Crippen molar-refractivity contribution in [3.63, 3.8) is 0 Å². The zero-order valence-electron chi connectivity index (χ0n) is 17.5. The molecule has 6 heteroatoms. The summed E-state index contributed by atoms with van der Waals surface area (Å²) < 4.78 is 0. The van der Waals surface area contributed by atoms with Crippen molar-refractivity contribution in [2.24, 2.45) is 5.92 Å². The maximum atomic E-state index is 13.4. The highest BCUT2D eigenvalue weighted by atomic mass is 16.2. The Morgan fingerprint density at radius 2 is 1.93 bits per heavy atom. The van der Waals surface area contributed by atoms with Gasteiger partial charge in [-0.05, 0) is 41.7 Å². The van der Waals surface area contributed by atoms with Crippen LogP contribution < -0.4 is 0 Å². The van der Waals surface area contributed by atoms with E-state index < -0.39 is 0 Å². The van der Waals surface area contributed by atoms with Crippen molar-refractivity contribution >= 4 is 5.91 Å². The van der Waals surface area contributed by atoms with Gasteiger partial charge in [0.15, 0.2) is 0 Å². The molecule has 0 spiro atoms. The van der Waals surface area contributed by atoms with Gasteiger partial charge in [0.1, 0.15) is 0 Å². The number of aromatic amines is 1. The summed E-state index contributed by atoms with van der Waals surface area (Å²) in [6.07, 6.45) is 8.92. The van der Waals surface area contributed by atoms with Crippen LogP contribution in [-0.4, -0.2) is 56.8 Å². The first-order valence-electron chi connectivity index (χ1n) is 10.7. The van der Waals surface area contributed by atoms with Gasteiger partial charge in [0.25, 0.3) is 0 Å². The first kappa shape index (κ1) is 20.3. The van der Waals surface area contributed by atoms with E-state index in [1.165, 1.54) is 11.1 Å². The predicted octanol–water partition coefficient (Wildman–Crippen LogP) is 3.38. The molecule has 1 amide bonds. The van der Waals surface area contributed by atoms with E-state index in [9.17, 15) is 4.79 Å². The summed E-state index contributed by atoms with van der Waals surface area (Å²) in [6, 6.07) is 12.5. The van der Waals surface area contributed by atoms with Gasteiger partial charge in [-0.3, -0.25) is 14.7 Å². The largest absolute Gasteiger partial charge is 0.347 e. The molecule has 1 aliphatic heterocycles. The Balaban J connectivity index is 1.59. The molecular weight excluding hydrogens is 374 g/mol. The van der Waals surface area contributed by atoms with Crippen LogP contribution in [0.1, 0.15) is 24.6 Å². The summed E-state index contributed by atoms with van der Waals surface area (Å²) in [5.74, 6) is 0.207. The SMILES string of the molecule is CCCN1CCN(Cc2cnc[nH]2)C[C@@H](Cc2ccccc2-c2ccncc2)C1=O. The van der Waals surface area contributed by atoms with Crippen LogP contribution >= 0.6 is 0 Å². The molecule has 0 radical (unpaired) electrons. The molecule has 4 rings (SSSR count). The minimum Gasteiger partial charge on any atom is -0.347 e. The first-order chi connectivity index (χ1) is 14.7. The lowest BCUT2D eigenvalue weighted by Gasteiger charge is -2.24. The van der Waals surface area contributed by atoms with Crippen LogP contribution in [0.5, 0.6) is 0 Å². The van der Waals surface area contributed by atoms with Gasteiger partial charge in [0, 0.05) is 57.0 Å². The van der Waals surface area contributed by atoms with Crippen molar-refractivity contribution in [3.8, 4) is 11.1 Å². The van der Waals surface area contributed by atoms with E-state index in [2.05, 4.69) is 51.0 Å².